The number of hydrogen-bond acceptors (Lipinski definition) is 2. The molecule has 0 radical (unpaired) electrons. The van der Waals surface area contributed by atoms with E-state index < -0.39 is 0 Å². The lowest BCUT2D eigenvalue weighted by Gasteiger charge is -2.06. The predicted molar refractivity (Wildman–Crippen MR) is 71.2 cm³/mol. The van der Waals surface area contributed by atoms with Crippen molar-refractivity contribution in [1.82, 2.24) is 5.32 Å². The Morgan fingerprint density at radius 1 is 1.24 bits per heavy atom. The molecule has 1 aromatic rings. The van der Waals surface area contributed by atoms with Crippen LogP contribution in [0.2, 0.25) is 0 Å². The van der Waals surface area contributed by atoms with Crippen molar-refractivity contribution in [2.24, 2.45) is 0 Å². The van der Waals surface area contributed by atoms with Crippen molar-refractivity contribution < 1.29 is 4.74 Å². The minimum absolute atomic E-state index is 0.822. The number of hydrogen-bond donors (Lipinski definition) is 1. The molecule has 1 saturated carbocycles. The van der Waals surface area contributed by atoms with Gasteiger partial charge < -0.3 is 10.1 Å². The lowest BCUT2D eigenvalue weighted by atomic mass is 10.1. The summed E-state index contributed by atoms with van der Waals surface area (Å²) in [7, 11) is 0. The molecule has 2 heteroatoms. The summed E-state index contributed by atoms with van der Waals surface area (Å²) in [6, 6.07) is 9.08. The van der Waals surface area contributed by atoms with Crippen LogP contribution in [0.5, 0.6) is 0 Å². The standard InChI is InChI=1S/C15H23NO/c1-2-17-11-3-10-16-12-13-4-6-14(7-5-13)15-8-9-15/h4-7,15-16H,2-3,8-12H2,1H3. The third-order valence-electron chi connectivity index (χ3n) is 3.20. The molecule has 0 saturated heterocycles. The first-order valence-electron chi connectivity index (χ1n) is 6.77. The van der Waals surface area contributed by atoms with Gasteiger partial charge in [-0.3, -0.25) is 0 Å². The Bertz CT molecular complexity index is 316. The topological polar surface area (TPSA) is 21.3 Å². The van der Waals surface area contributed by atoms with Crippen molar-refractivity contribution >= 4 is 0 Å². The molecule has 1 fully saturated rings. The van der Waals surface area contributed by atoms with Crippen LogP contribution in [0.1, 0.15) is 43.2 Å². The molecule has 0 aliphatic heterocycles. The molecular weight excluding hydrogens is 210 g/mol. The number of nitrogens with one attached hydrogen (secondary N) is 1. The molecule has 0 heterocycles. The molecule has 2 nitrogen and oxygen atoms in total. The molecule has 0 aromatic heterocycles. The Morgan fingerprint density at radius 3 is 2.65 bits per heavy atom. The zero-order chi connectivity index (χ0) is 11.9. The van der Waals surface area contributed by atoms with Crippen LogP contribution in [0, 0.1) is 0 Å². The van der Waals surface area contributed by atoms with Crippen molar-refractivity contribution in [1.29, 1.82) is 0 Å². The van der Waals surface area contributed by atoms with E-state index in [0.29, 0.717) is 0 Å². The van der Waals surface area contributed by atoms with Crippen LogP contribution in [-0.2, 0) is 11.3 Å². The van der Waals surface area contributed by atoms with Crippen LogP contribution in [0.25, 0.3) is 0 Å². The lowest BCUT2D eigenvalue weighted by Crippen LogP contribution is -2.16. The van der Waals surface area contributed by atoms with Gasteiger partial charge in [-0.15, -0.1) is 0 Å². The molecule has 1 aliphatic rings. The van der Waals surface area contributed by atoms with Crippen molar-refractivity contribution in [2.75, 3.05) is 19.8 Å². The van der Waals surface area contributed by atoms with Crippen LogP contribution in [-0.4, -0.2) is 19.8 Å². The zero-order valence-corrected chi connectivity index (χ0v) is 10.7. The largest absolute Gasteiger partial charge is 0.382 e. The summed E-state index contributed by atoms with van der Waals surface area (Å²) in [4.78, 5) is 0. The fourth-order valence-corrected chi connectivity index (χ4v) is 2.00. The number of ether oxygens (including phenoxy) is 1. The normalized spacial score (nSPS) is 15.1. The van der Waals surface area contributed by atoms with Crippen molar-refractivity contribution in [3.05, 3.63) is 35.4 Å². The van der Waals surface area contributed by atoms with E-state index in [4.69, 9.17) is 4.74 Å². The van der Waals surface area contributed by atoms with E-state index >= 15 is 0 Å². The SMILES string of the molecule is CCOCCCNCc1ccc(C2CC2)cc1. The Hall–Kier alpha value is -0.860. The summed E-state index contributed by atoms with van der Waals surface area (Å²) < 4.78 is 5.29. The molecule has 17 heavy (non-hydrogen) atoms. The molecule has 2 rings (SSSR count). The minimum atomic E-state index is 0.822. The summed E-state index contributed by atoms with van der Waals surface area (Å²) in [5, 5.41) is 3.44. The van der Waals surface area contributed by atoms with Crippen LogP contribution in [0.4, 0.5) is 0 Å². The molecule has 94 valence electrons. The van der Waals surface area contributed by atoms with Crippen LogP contribution in [0.15, 0.2) is 24.3 Å². The summed E-state index contributed by atoms with van der Waals surface area (Å²) in [5.41, 5.74) is 2.90. The van der Waals surface area contributed by atoms with E-state index in [1.54, 1.807) is 0 Å². The van der Waals surface area contributed by atoms with Crippen LogP contribution >= 0.6 is 0 Å². The van der Waals surface area contributed by atoms with E-state index in [2.05, 4.69) is 29.6 Å². The van der Waals surface area contributed by atoms with Crippen molar-refractivity contribution in [3.8, 4) is 0 Å². The molecule has 0 spiro atoms. The maximum Gasteiger partial charge on any atom is 0.0477 e. The van der Waals surface area contributed by atoms with E-state index in [-0.39, 0.29) is 0 Å². The van der Waals surface area contributed by atoms with Gasteiger partial charge in [0, 0.05) is 19.8 Å². The van der Waals surface area contributed by atoms with Gasteiger partial charge in [0.25, 0.3) is 0 Å². The first-order chi connectivity index (χ1) is 8.40. The second kappa shape index (κ2) is 6.77. The molecule has 0 bridgehead atoms. The van der Waals surface area contributed by atoms with Crippen molar-refractivity contribution in [2.45, 2.75) is 38.6 Å². The van der Waals surface area contributed by atoms with Gasteiger partial charge in [0.05, 0.1) is 0 Å². The smallest absolute Gasteiger partial charge is 0.0477 e. The molecule has 1 N–H and O–H groups in total. The highest BCUT2D eigenvalue weighted by Gasteiger charge is 2.22. The number of rotatable bonds is 8. The van der Waals surface area contributed by atoms with Gasteiger partial charge in [-0.1, -0.05) is 24.3 Å². The van der Waals surface area contributed by atoms with Gasteiger partial charge in [0.1, 0.15) is 0 Å². The molecule has 1 aromatic carbocycles. The molecule has 0 amide bonds. The Balaban J connectivity index is 1.61. The van der Waals surface area contributed by atoms with Crippen LogP contribution in [0.3, 0.4) is 0 Å². The van der Waals surface area contributed by atoms with Gasteiger partial charge in [-0.25, -0.2) is 0 Å². The van der Waals surface area contributed by atoms with Gasteiger partial charge >= 0.3 is 0 Å². The summed E-state index contributed by atoms with van der Waals surface area (Å²) in [5.74, 6) is 0.864. The third-order valence-corrected chi connectivity index (χ3v) is 3.20. The van der Waals surface area contributed by atoms with Gasteiger partial charge in [0.15, 0.2) is 0 Å². The summed E-state index contributed by atoms with van der Waals surface area (Å²) >= 11 is 0. The lowest BCUT2D eigenvalue weighted by molar-refractivity contribution is 0.144. The fourth-order valence-electron chi connectivity index (χ4n) is 2.00. The quantitative estimate of drug-likeness (QED) is 0.697. The minimum Gasteiger partial charge on any atom is -0.382 e. The second-order valence-electron chi connectivity index (χ2n) is 4.74. The Labute approximate surface area is 104 Å². The van der Waals surface area contributed by atoms with Gasteiger partial charge in [-0.05, 0) is 49.8 Å². The van der Waals surface area contributed by atoms with Crippen molar-refractivity contribution in [3.63, 3.8) is 0 Å². The van der Waals surface area contributed by atoms with Gasteiger partial charge in [0.2, 0.25) is 0 Å². The molecular formula is C15H23NO. The number of benzene rings is 1. The van der Waals surface area contributed by atoms with E-state index in [1.165, 1.54) is 24.0 Å². The zero-order valence-electron chi connectivity index (χ0n) is 10.7. The highest BCUT2D eigenvalue weighted by molar-refractivity contribution is 5.27. The highest BCUT2D eigenvalue weighted by Crippen LogP contribution is 2.39. The molecule has 0 atom stereocenters. The second-order valence-corrected chi connectivity index (χ2v) is 4.74. The molecule has 1 aliphatic carbocycles. The Morgan fingerprint density at radius 2 is 2.00 bits per heavy atom. The monoisotopic (exact) mass is 233 g/mol. The van der Waals surface area contributed by atoms with E-state index in [0.717, 1.165) is 38.6 Å². The maximum absolute atomic E-state index is 5.29. The summed E-state index contributed by atoms with van der Waals surface area (Å²) in [6.07, 6.45) is 3.86. The molecule has 0 unspecified atom stereocenters. The van der Waals surface area contributed by atoms with E-state index in [1.807, 2.05) is 6.92 Å². The Kier molecular flexibility index (Phi) is 5.02. The van der Waals surface area contributed by atoms with E-state index in [9.17, 15) is 0 Å². The average molecular weight is 233 g/mol. The first kappa shape index (κ1) is 12.6. The van der Waals surface area contributed by atoms with Gasteiger partial charge in [-0.2, -0.15) is 0 Å². The average Bonchev–Trinajstić information content (AvgIpc) is 3.19. The predicted octanol–water partition coefficient (Wildman–Crippen LogP) is 3.08. The third kappa shape index (κ3) is 4.49. The van der Waals surface area contributed by atoms with Crippen LogP contribution < -0.4 is 5.32 Å². The maximum atomic E-state index is 5.29. The fraction of sp³-hybridized carbons (Fsp3) is 0.600. The summed E-state index contributed by atoms with van der Waals surface area (Å²) in [6.45, 7) is 5.73. The highest BCUT2D eigenvalue weighted by atomic mass is 16.5. The first-order valence-corrected chi connectivity index (χ1v) is 6.77.